The lowest BCUT2D eigenvalue weighted by molar-refractivity contribution is -0.138. The molecule has 3 amide bonds. The summed E-state index contributed by atoms with van der Waals surface area (Å²) in [6.45, 7) is -0.613. The standard InChI is InChI=1S/C19H28N4O6S2/c1-31-7-6-13(20)17(27)23-15(10-30)19(29)22-14(18(28)21-9-16(25)26)8-11-2-4-12(24)5-3-11/h2-5,13-15,24,30H,6-10,20H2,1H3,(H,21,28)(H,22,29)(H,23,27)(H,25,26). The second kappa shape index (κ2) is 13.8. The Morgan fingerprint density at radius 2 is 1.68 bits per heavy atom. The number of carbonyl (C=O) groups excluding carboxylic acids is 3. The molecule has 0 heterocycles. The van der Waals surface area contributed by atoms with Crippen LogP contribution in [-0.2, 0) is 25.6 Å². The maximum Gasteiger partial charge on any atom is 0.322 e. The molecule has 0 aliphatic rings. The van der Waals surface area contributed by atoms with Crippen LogP contribution < -0.4 is 21.7 Å². The lowest BCUT2D eigenvalue weighted by Gasteiger charge is -2.23. The summed E-state index contributed by atoms with van der Waals surface area (Å²) in [4.78, 5) is 48.1. The van der Waals surface area contributed by atoms with Crippen molar-refractivity contribution in [2.24, 2.45) is 5.73 Å². The van der Waals surface area contributed by atoms with E-state index in [0.29, 0.717) is 17.7 Å². The number of carboxylic acid groups (broad SMARTS) is 1. The lowest BCUT2D eigenvalue weighted by atomic mass is 10.0. The van der Waals surface area contributed by atoms with E-state index in [2.05, 4.69) is 28.6 Å². The van der Waals surface area contributed by atoms with Crippen molar-refractivity contribution in [2.45, 2.75) is 31.0 Å². The number of hydrogen-bond donors (Lipinski definition) is 7. The smallest absolute Gasteiger partial charge is 0.322 e. The zero-order chi connectivity index (χ0) is 23.4. The fourth-order valence-corrected chi connectivity index (χ4v) is 3.23. The van der Waals surface area contributed by atoms with Gasteiger partial charge in [-0.25, -0.2) is 0 Å². The third kappa shape index (κ3) is 9.94. The third-order valence-corrected chi connectivity index (χ3v) is 5.22. The van der Waals surface area contributed by atoms with Crippen molar-refractivity contribution in [1.82, 2.24) is 16.0 Å². The molecule has 12 heteroatoms. The molecule has 3 atom stereocenters. The van der Waals surface area contributed by atoms with Gasteiger partial charge in [0, 0.05) is 12.2 Å². The number of benzene rings is 1. The predicted molar refractivity (Wildman–Crippen MR) is 121 cm³/mol. The van der Waals surface area contributed by atoms with Crippen LogP contribution in [-0.4, -0.2) is 76.3 Å². The molecular weight excluding hydrogens is 444 g/mol. The number of thioether (sulfide) groups is 1. The number of phenols is 1. The van der Waals surface area contributed by atoms with Gasteiger partial charge in [0.05, 0.1) is 6.04 Å². The van der Waals surface area contributed by atoms with Gasteiger partial charge in [0.2, 0.25) is 17.7 Å². The molecule has 0 bridgehead atoms. The molecule has 10 nitrogen and oxygen atoms in total. The molecule has 7 N–H and O–H groups in total. The molecule has 1 aromatic rings. The zero-order valence-corrected chi connectivity index (χ0v) is 18.7. The maximum atomic E-state index is 12.7. The number of nitrogens with one attached hydrogen (secondary N) is 3. The van der Waals surface area contributed by atoms with Crippen molar-refractivity contribution in [3.8, 4) is 5.75 Å². The zero-order valence-electron chi connectivity index (χ0n) is 17.0. The normalized spacial score (nSPS) is 13.5. The van der Waals surface area contributed by atoms with Gasteiger partial charge in [-0.1, -0.05) is 12.1 Å². The molecular formula is C19H28N4O6S2. The van der Waals surface area contributed by atoms with Gasteiger partial charge in [-0.05, 0) is 36.1 Å². The van der Waals surface area contributed by atoms with Crippen molar-refractivity contribution < 1.29 is 29.4 Å². The van der Waals surface area contributed by atoms with E-state index in [0.717, 1.165) is 0 Å². The number of aromatic hydroxyl groups is 1. The third-order valence-electron chi connectivity index (χ3n) is 4.21. The molecule has 31 heavy (non-hydrogen) atoms. The van der Waals surface area contributed by atoms with Gasteiger partial charge in [-0.2, -0.15) is 24.4 Å². The number of carboxylic acids is 1. The second-order valence-electron chi connectivity index (χ2n) is 6.68. The molecule has 1 aromatic carbocycles. The molecule has 0 aliphatic heterocycles. The Balaban J connectivity index is 2.87. The number of nitrogens with two attached hydrogens (primary N) is 1. The number of aliphatic carboxylic acids is 1. The quantitative estimate of drug-likeness (QED) is 0.181. The molecule has 0 saturated heterocycles. The van der Waals surface area contributed by atoms with Gasteiger partial charge in [0.25, 0.3) is 0 Å². The molecule has 0 aliphatic carbocycles. The van der Waals surface area contributed by atoms with Crippen molar-refractivity contribution >= 4 is 48.1 Å². The van der Waals surface area contributed by atoms with Crippen LogP contribution in [0.3, 0.4) is 0 Å². The highest BCUT2D eigenvalue weighted by Crippen LogP contribution is 2.12. The van der Waals surface area contributed by atoms with Gasteiger partial charge >= 0.3 is 5.97 Å². The van der Waals surface area contributed by atoms with Crippen molar-refractivity contribution in [1.29, 1.82) is 0 Å². The fourth-order valence-electron chi connectivity index (χ4n) is 2.48. The first-order valence-electron chi connectivity index (χ1n) is 9.41. The van der Waals surface area contributed by atoms with Crippen LogP contribution in [0.4, 0.5) is 0 Å². The summed E-state index contributed by atoms with van der Waals surface area (Å²) >= 11 is 5.64. The summed E-state index contributed by atoms with van der Waals surface area (Å²) < 4.78 is 0. The second-order valence-corrected chi connectivity index (χ2v) is 8.03. The number of phenolic OH excluding ortho intramolecular Hbond substituents is 1. The Hall–Kier alpha value is -2.44. The van der Waals surface area contributed by atoms with Gasteiger partial charge in [0.15, 0.2) is 0 Å². The molecule has 0 fully saturated rings. The molecule has 0 aromatic heterocycles. The SMILES string of the molecule is CSCCC(N)C(=O)NC(CS)C(=O)NC(Cc1ccc(O)cc1)C(=O)NCC(=O)O. The number of carbonyl (C=O) groups is 4. The Morgan fingerprint density at radius 1 is 1.06 bits per heavy atom. The Kier molecular flexibility index (Phi) is 11.8. The average molecular weight is 473 g/mol. The highest BCUT2D eigenvalue weighted by Gasteiger charge is 2.27. The Morgan fingerprint density at radius 3 is 2.23 bits per heavy atom. The highest BCUT2D eigenvalue weighted by atomic mass is 32.2. The maximum absolute atomic E-state index is 12.7. The van der Waals surface area contributed by atoms with Gasteiger partial charge in [0.1, 0.15) is 24.4 Å². The van der Waals surface area contributed by atoms with E-state index in [9.17, 15) is 24.3 Å². The van der Waals surface area contributed by atoms with Crippen LogP contribution >= 0.6 is 24.4 Å². The first-order chi connectivity index (χ1) is 14.7. The first-order valence-corrected chi connectivity index (χ1v) is 11.4. The predicted octanol–water partition coefficient (Wildman–Crippen LogP) is -0.885. The lowest BCUT2D eigenvalue weighted by Crippen LogP contribution is -2.57. The van der Waals surface area contributed by atoms with Crippen LogP contribution in [0.2, 0.25) is 0 Å². The molecule has 172 valence electrons. The van der Waals surface area contributed by atoms with Gasteiger partial charge in [-0.3, -0.25) is 19.2 Å². The number of rotatable bonds is 13. The van der Waals surface area contributed by atoms with E-state index < -0.39 is 48.4 Å². The minimum Gasteiger partial charge on any atom is -0.508 e. The first kappa shape index (κ1) is 26.6. The molecule has 1 rings (SSSR count). The molecule has 0 saturated carbocycles. The summed E-state index contributed by atoms with van der Waals surface area (Å²) in [5, 5.41) is 25.5. The molecule has 0 spiro atoms. The number of thiol groups is 1. The van der Waals surface area contributed by atoms with Crippen LogP contribution in [0.5, 0.6) is 5.75 Å². The minimum atomic E-state index is -1.23. The van der Waals surface area contributed by atoms with Crippen LogP contribution in [0, 0.1) is 0 Å². The summed E-state index contributed by atoms with van der Waals surface area (Å²) in [6.07, 6.45) is 2.37. The van der Waals surface area contributed by atoms with E-state index >= 15 is 0 Å². The summed E-state index contributed by atoms with van der Waals surface area (Å²) in [5.74, 6) is -2.41. The average Bonchev–Trinajstić information content (AvgIpc) is 2.74. The fraction of sp³-hybridized carbons (Fsp3) is 0.474. The van der Waals surface area contributed by atoms with E-state index in [1.165, 1.54) is 12.1 Å². The van der Waals surface area contributed by atoms with E-state index in [4.69, 9.17) is 10.8 Å². The summed E-state index contributed by atoms with van der Waals surface area (Å²) in [7, 11) is 0. The topological polar surface area (TPSA) is 171 Å². The Bertz CT molecular complexity index is 762. The Labute approximate surface area is 190 Å². The monoisotopic (exact) mass is 472 g/mol. The van der Waals surface area contributed by atoms with E-state index in [1.54, 1.807) is 23.9 Å². The van der Waals surface area contributed by atoms with Crippen LogP contribution in [0.1, 0.15) is 12.0 Å². The largest absolute Gasteiger partial charge is 0.508 e. The highest BCUT2D eigenvalue weighted by molar-refractivity contribution is 7.98. The van der Waals surface area contributed by atoms with Crippen molar-refractivity contribution in [2.75, 3.05) is 24.3 Å². The van der Waals surface area contributed by atoms with Gasteiger partial charge < -0.3 is 31.9 Å². The number of hydrogen-bond acceptors (Lipinski definition) is 8. The van der Waals surface area contributed by atoms with Crippen molar-refractivity contribution in [3.05, 3.63) is 29.8 Å². The van der Waals surface area contributed by atoms with E-state index in [-0.39, 0.29) is 17.9 Å². The van der Waals surface area contributed by atoms with Crippen molar-refractivity contribution in [3.63, 3.8) is 0 Å². The summed E-state index contributed by atoms with van der Waals surface area (Å²) in [6, 6.07) is 3.07. The molecule has 0 radical (unpaired) electrons. The van der Waals surface area contributed by atoms with E-state index in [1.807, 2.05) is 6.26 Å². The summed E-state index contributed by atoms with van der Waals surface area (Å²) in [5.41, 5.74) is 6.44. The molecule has 3 unspecified atom stereocenters. The van der Waals surface area contributed by atoms with Crippen LogP contribution in [0.25, 0.3) is 0 Å². The van der Waals surface area contributed by atoms with Crippen LogP contribution in [0.15, 0.2) is 24.3 Å². The van der Waals surface area contributed by atoms with Gasteiger partial charge in [-0.15, -0.1) is 0 Å². The number of amides is 3. The minimum absolute atomic E-state index is 0.0322.